The maximum atomic E-state index is 9.69. The van der Waals surface area contributed by atoms with Crippen molar-refractivity contribution in [1.29, 1.82) is 0 Å². The van der Waals surface area contributed by atoms with Crippen LogP contribution < -0.4 is 4.74 Å². The van der Waals surface area contributed by atoms with E-state index >= 15 is 0 Å². The van der Waals surface area contributed by atoms with Gasteiger partial charge in [-0.05, 0) is 45.2 Å². The average Bonchev–Trinajstić information content (AvgIpc) is 2.35. The zero-order chi connectivity index (χ0) is 13.4. The number of hydrogen-bond acceptors (Lipinski definition) is 3. The zero-order valence-electron chi connectivity index (χ0n) is 11.4. The SMILES string of the molecule is Cc1ccc(OCCCCCCO)c([C@H](C)O)c1. The minimum atomic E-state index is -0.505. The van der Waals surface area contributed by atoms with E-state index < -0.39 is 6.10 Å². The molecule has 102 valence electrons. The molecule has 3 heteroatoms. The lowest BCUT2D eigenvalue weighted by Crippen LogP contribution is -2.03. The number of benzene rings is 1. The molecule has 0 bridgehead atoms. The molecular weight excluding hydrogens is 228 g/mol. The number of aryl methyl sites for hydroxylation is 1. The van der Waals surface area contributed by atoms with Gasteiger partial charge in [0.1, 0.15) is 5.75 Å². The van der Waals surface area contributed by atoms with Crippen LogP contribution in [0.3, 0.4) is 0 Å². The minimum absolute atomic E-state index is 0.269. The van der Waals surface area contributed by atoms with Crippen LogP contribution in [-0.2, 0) is 0 Å². The summed E-state index contributed by atoms with van der Waals surface area (Å²) in [6.07, 6.45) is 3.44. The van der Waals surface area contributed by atoms with Gasteiger partial charge in [0, 0.05) is 12.2 Å². The lowest BCUT2D eigenvalue weighted by molar-refractivity contribution is 0.190. The molecule has 0 aliphatic heterocycles. The minimum Gasteiger partial charge on any atom is -0.493 e. The van der Waals surface area contributed by atoms with Crippen LogP contribution in [0.5, 0.6) is 5.75 Å². The summed E-state index contributed by atoms with van der Waals surface area (Å²) in [6.45, 7) is 4.69. The van der Waals surface area contributed by atoms with Crippen LogP contribution in [0.25, 0.3) is 0 Å². The van der Waals surface area contributed by atoms with Gasteiger partial charge >= 0.3 is 0 Å². The van der Waals surface area contributed by atoms with Crippen LogP contribution in [0.1, 0.15) is 49.8 Å². The average molecular weight is 252 g/mol. The number of unbranched alkanes of at least 4 members (excludes halogenated alkanes) is 3. The zero-order valence-corrected chi connectivity index (χ0v) is 11.4. The normalized spacial score (nSPS) is 12.4. The van der Waals surface area contributed by atoms with E-state index in [-0.39, 0.29) is 6.61 Å². The summed E-state index contributed by atoms with van der Waals surface area (Å²) in [5, 5.41) is 18.4. The Bertz CT molecular complexity index is 348. The first-order valence-electron chi connectivity index (χ1n) is 6.67. The van der Waals surface area contributed by atoms with Crippen molar-refractivity contribution in [2.75, 3.05) is 13.2 Å². The van der Waals surface area contributed by atoms with Gasteiger partial charge in [0.2, 0.25) is 0 Å². The molecule has 0 saturated carbocycles. The molecule has 0 aliphatic rings. The van der Waals surface area contributed by atoms with Gasteiger partial charge in [-0.3, -0.25) is 0 Å². The summed E-state index contributed by atoms with van der Waals surface area (Å²) in [7, 11) is 0. The van der Waals surface area contributed by atoms with Crippen LogP contribution in [-0.4, -0.2) is 23.4 Å². The second kappa shape index (κ2) is 8.11. The highest BCUT2D eigenvalue weighted by molar-refractivity contribution is 5.38. The third-order valence-electron chi connectivity index (χ3n) is 2.93. The molecule has 0 saturated heterocycles. The van der Waals surface area contributed by atoms with Crippen molar-refractivity contribution in [2.45, 2.75) is 45.6 Å². The standard InChI is InChI=1S/C15H24O3/c1-12-7-8-15(14(11-12)13(2)17)18-10-6-4-3-5-9-16/h7-8,11,13,16-17H,3-6,9-10H2,1-2H3/t13-/m0/s1. The Hall–Kier alpha value is -1.06. The highest BCUT2D eigenvalue weighted by Gasteiger charge is 2.09. The van der Waals surface area contributed by atoms with Crippen LogP contribution in [0.15, 0.2) is 18.2 Å². The third-order valence-corrected chi connectivity index (χ3v) is 2.93. The van der Waals surface area contributed by atoms with E-state index in [9.17, 15) is 5.11 Å². The van der Waals surface area contributed by atoms with Crippen LogP contribution in [0.4, 0.5) is 0 Å². The molecule has 0 unspecified atom stereocenters. The van der Waals surface area contributed by atoms with Gasteiger partial charge in [-0.25, -0.2) is 0 Å². The molecule has 1 aromatic rings. The molecule has 1 aromatic carbocycles. The predicted molar refractivity (Wildman–Crippen MR) is 72.9 cm³/mol. The van der Waals surface area contributed by atoms with E-state index in [4.69, 9.17) is 9.84 Å². The first kappa shape index (κ1) is 15.0. The molecule has 2 N–H and O–H groups in total. The molecule has 0 radical (unpaired) electrons. The molecule has 0 spiro atoms. The summed E-state index contributed by atoms with van der Waals surface area (Å²) in [4.78, 5) is 0. The van der Waals surface area contributed by atoms with Crippen molar-refractivity contribution in [1.82, 2.24) is 0 Å². The van der Waals surface area contributed by atoms with E-state index in [1.165, 1.54) is 0 Å². The second-order valence-corrected chi connectivity index (χ2v) is 4.70. The molecule has 0 aliphatic carbocycles. The Morgan fingerprint density at radius 1 is 1.17 bits per heavy atom. The summed E-state index contributed by atoms with van der Waals surface area (Å²) >= 11 is 0. The smallest absolute Gasteiger partial charge is 0.125 e. The van der Waals surface area contributed by atoms with Crippen molar-refractivity contribution in [3.63, 3.8) is 0 Å². The number of hydrogen-bond donors (Lipinski definition) is 2. The van der Waals surface area contributed by atoms with Crippen molar-refractivity contribution in [3.8, 4) is 5.75 Å². The number of aliphatic hydroxyl groups excluding tert-OH is 2. The lowest BCUT2D eigenvalue weighted by atomic mass is 10.1. The quantitative estimate of drug-likeness (QED) is 0.699. The number of rotatable bonds is 8. The highest BCUT2D eigenvalue weighted by atomic mass is 16.5. The largest absolute Gasteiger partial charge is 0.493 e. The van der Waals surface area contributed by atoms with Gasteiger partial charge in [-0.2, -0.15) is 0 Å². The molecule has 1 rings (SSSR count). The Kier molecular flexibility index (Phi) is 6.76. The molecular formula is C15H24O3. The van der Waals surface area contributed by atoms with Crippen molar-refractivity contribution >= 4 is 0 Å². The Morgan fingerprint density at radius 2 is 1.89 bits per heavy atom. The maximum absolute atomic E-state index is 9.69. The first-order valence-corrected chi connectivity index (χ1v) is 6.67. The molecule has 0 aromatic heterocycles. The molecule has 1 atom stereocenters. The summed E-state index contributed by atoms with van der Waals surface area (Å²) in [6, 6.07) is 5.88. The van der Waals surface area contributed by atoms with Crippen LogP contribution in [0.2, 0.25) is 0 Å². The van der Waals surface area contributed by atoms with Crippen LogP contribution in [0, 0.1) is 6.92 Å². The van der Waals surface area contributed by atoms with Gasteiger partial charge in [-0.15, -0.1) is 0 Å². The monoisotopic (exact) mass is 252 g/mol. The number of ether oxygens (including phenoxy) is 1. The molecule has 3 nitrogen and oxygen atoms in total. The summed E-state index contributed by atoms with van der Waals surface area (Å²) in [5.74, 6) is 0.776. The second-order valence-electron chi connectivity index (χ2n) is 4.70. The maximum Gasteiger partial charge on any atom is 0.125 e. The summed E-state index contributed by atoms with van der Waals surface area (Å²) in [5.41, 5.74) is 1.98. The molecule has 18 heavy (non-hydrogen) atoms. The van der Waals surface area contributed by atoms with E-state index in [0.717, 1.165) is 42.6 Å². The number of aliphatic hydroxyl groups is 2. The van der Waals surface area contributed by atoms with Gasteiger partial charge in [0.25, 0.3) is 0 Å². The molecule has 0 heterocycles. The molecule has 0 fully saturated rings. The van der Waals surface area contributed by atoms with Gasteiger partial charge in [-0.1, -0.05) is 18.1 Å². The Labute approximate surface area is 109 Å². The van der Waals surface area contributed by atoms with Crippen molar-refractivity contribution < 1.29 is 14.9 Å². The highest BCUT2D eigenvalue weighted by Crippen LogP contribution is 2.26. The third kappa shape index (κ3) is 5.07. The fourth-order valence-electron chi connectivity index (χ4n) is 1.88. The van der Waals surface area contributed by atoms with Gasteiger partial charge < -0.3 is 14.9 Å². The first-order chi connectivity index (χ1) is 8.65. The van der Waals surface area contributed by atoms with E-state index in [0.29, 0.717) is 6.61 Å². The Morgan fingerprint density at radius 3 is 2.56 bits per heavy atom. The Balaban J connectivity index is 2.42. The fraction of sp³-hybridized carbons (Fsp3) is 0.600. The van der Waals surface area contributed by atoms with E-state index in [1.807, 2.05) is 25.1 Å². The van der Waals surface area contributed by atoms with Gasteiger partial charge in [0.15, 0.2) is 0 Å². The van der Waals surface area contributed by atoms with Crippen molar-refractivity contribution in [2.24, 2.45) is 0 Å². The predicted octanol–water partition coefficient (Wildman–Crippen LogP) is 2.98. The molecule has 0 amide bonds. The summed E-state index contributed by atoms with van der Waals surface area (Å²) < 4.78 is 5.71. The van der Waals surface area contributed by atoms with Gasteiger partial charge in [0.05, 0.1) is 12.7 Å². The van der Waals surface area contributed by atoms with E-state index in [1.54, 1.807) is 6.92 Å². The topological polar surface area (TPSA) is 49.7 Å². The lowest BCUT2D eigenvalue weighted by Gasteiger charge is -2.14. The van der Waals surface area contributed by atoms with Crippen molar-refractivity contribution in [3.05, 3.63) is 29.3 Å². The van der Waals surface area contributed by atoms with E-state index in [2.05, 4.69) is 0 Å². The fourth-order valence-corrected chi connectivity index (χ4v) is 1.88. The van der Waals surface area contributed by atoms with Crippen LogP contribution >= 0.6 is 0 Å².